The van der Waals surface area contributed by atoms with Gasteiger partial charge in [0.25, 0.3) is 0 Å². The second kappa shape index (κ2) is 3.97. The highest BCUT2D eigenvalue weighted by molar-refractivity contribution is 7.12. The predicted molar refractivity (Wildman–Crippen MR) is 73.4 cm³/mol. The number of thiophene rings is 1. The summed E-state index contributed by atoms with van der Waals surface area (Å²) in [5.41, 5.74) is 9.21. The van der Waals surface area contributed by atoms with Crippen LogP contribution in [0, 0.1) is 6.92 Å². The van der Waals surface area contributed by atoms with Gasteiger partial charge in [0, 0.05) is 9.75 Å². The Bertz CT molecular complexity index is 543. The van der Waals surface area contributed by atoms with Crippen molar-refractivity contribution in [2.45, 2.75) is 31.7 Å². The Labute approximate surface area is 106 Å². The maximum Gasteiger partial charge on any atom is 0.0762 e. The highest BCUT2D eigenvalue weighted by Gasteiger charge is 2.35. The van der Waals surface area contributed by atoms with Gasteiger partial charge in [0.2, 0.25) is 0 Å². The van der Waals surface area contributed by atoms with Crippen molar-refractivity contribution < 1.29 is 0 Å². The normalized spacial score (nSPS) is 23.4. The van der Waals surface area contributed by atoms with Crippen LogP contribution in [0.15, 0.2) is 36.4 Å². The van der Waals surface area contributed by atoms with Crippen LogP contribution >= 0.6 is 11.3 Å². The van der Waals surface area contributed by atoms with E-state index in [0.717, 1.165) is 6.42 Å². The van der Waals surface area contributed by atoms with E-state index in [2.05, 4.69) is 43.3 Å². The van der Waals surface area contributed by atoms with Crippen molar-refractivity contribution in [2.75, 3.05) is 0 Å². The minimum Gasteiger partial charge on any atom is -0.317 e. The summed E-state index contributed by atoms with van der Waals surface area (Å²) in [7, 11) is 0. The third-order valence-corrected chi connectivity index (χ3v) is 4.87. The molecule has 1 nitrogen and oxygen atoms in total. The molecular weight excluding hydrogens is 226 g/mol. The lowest BCUT2D eigenvalue weighted by atomic mass is 9.76. The Hall–Kier alpha value is -1.12. The zero-order valence-corrected chi connectivity index (χ0v) is 10.9. The molecular formula is C15H17NS. The van der Waals surface area contributed by atoms with E-state index in [9.17, 15) is 0 Å². The molecule has 0 saturated carbocycles. The predicted octanol–water partition coefficient (Wildman–Crippen LogP) is 3.60. The fourth-order valence-corrected chi connectivity index (χ4v) is 3.81. The van der Waals surface area contributed by atoms with Crippen molar-refractivity contribution in [3.05, 3.63) is 57.3 Å². The standard InChI is InChI=1S/C15H17NS/c1-11-8-9-14(17-11)15(16)10-4-6-12-5-2-3-7-13(12)15/h2-3,5,7-9H,4,6,10,16H2,1H3. The van der Waals surface area contributed by atoms with Crippen LogP contribution in [0.25, 0.3) is 0 Å². The lowest BCUT2D eigenvalue weighted by molar-refractivity contribution is 0.450. The van der Waals surface area contributed by atoms with Crippen LogP contribution in [0.2, 0.25) is 0 Å². The monoisotopic (exact) mass is 243 g/mol. The van der Waals surface area contributed by atoms with Gasteiger partial charge in [-0.1, -0.05) is 24.3 Å². The first-order chi connectivity index (χ1) is 8.20. The van der Waals surface area contributed by atoms with Crippen LogP contribution in [0.4, 0.5) is 0 Å². The topological polar surface area (TPSA) is 26.0 Å². The molecule has 88 valence electrons. The molecule has 1 aliphatic carbocycles. The molecule has 0 bridgehead atoms. The Kier molecular flexibility index (Phi) is 2.57. The third kappa shape index (κ3) is 1.72. The molecule has 1 unspecified atom stereocenters. The molecule has 1 heterocycles. The lowest BCUT2D eigenvalue weighted by Gasteiger charge is -2.35. The summed E-state index contributed by atoms with van der Waals surface area (Å²) in [5, 5.41) is 0. The number of hydrogen-bond acceptors (Lipinski definition) is 2. The Balaban J connectivity index is 2.15. The number of hydrogen-bond donors (Lipinski definition) is 1. The summed E-state index contributed by atoms with van der Waals surface area (Å²) in [5.74, 6) is 0. The smallest absolute Gasteiger partial charge is 0.0762 e. The molecule has 0 spiro atoms. The van der Waals surface area contributed by atoms with Crippen LogP contribution in [-0.2, 0) is 12.0 Å². The summed E-state index contributed by atoms with van der Waals surface area (Å²) >= 11 is 1.83. The maximum absolute atomic E-state index is 6.72. The van der Waals surface area contributed by atoms with Crippen molar-refractivity contribution in [3.63, 3.8) is 0 Å². The number of nitrogens with two attached hydrogens (primary N) is 1. The van der Waals surface area contributed by atoms with Gasteiger partial charge in [0.15, 0.2) is 0 Å². The van der Waals surface area contributed by atoms with E-state index >= 15 is 0 Å². The molecule has 0 aliphatic heterocycles. The average molecular weight is 243 g/mol. The summed E-state index contributed by atoms with van der Waals surface area (Å²) < 4.78 is 0. The van der Waals surface area contributed by atoms with Crippen molar-refractivity contribution in [2.24, 2.45) is 5.73 Å². The van der Waals surface area contributed by atoms with Gasteiger partial charge < -0.3 is 5.73 Å². The number of rotatable bonds is 1. The Morgan fingerprint density at radius 3 is 2.76 bits per heavy atom. The molecule has 0 fully saturated rings. The molecule has 2 N–H and O–H groups in total. The van der Waals surface area contributed by atoms with Gasteiger partial charge in [0.1, 0.15) is 0 Å². The molecule has 1 atom stereocenters. The zero-order chi connectivity index (χ0) is 11.9. The highest BCUT2D eigenvalue weighted by atomic mass is 32.1. The van der Waals surface area contributed by atoms with Crippen LogP contribution in [0.3, 0.4) is 0 Å². The van der Waals surface area contributed by atoms with Crippen LogP contribution in [-0.4, -0.2) is 0 Å². The minimum atomic E-state index is -0.256. The van der Waals surface area contributed by atoms with E-state index in [0.29, 0.717) is 0 Å². The van der Waals surface area contributed by atoms with Gasteiger partial charge in [0.05, 0.1) is 5.54 Å². The molecule has 0 radical (unpaired) electrons. The Morgan fingerprint density at radius 1 is 1.18 bits per heavy atom. The van der Waals surface area contributed by atoms with Crippen LogP contribution < -0.4 is 5.73 Å². The highest BCUT2D eigenvalue weighted by Crippen LogP contribution is 2.40. The van der Waals surface area contributed by atoms with Crippen LogP contribution in [0.5, 0.6) is 0 Å². The SMILES string of the molecule is Cc1ccc(C2(N)CCCc3ccccc32)s1. The van der Waals surface area contributed by atoms with E-state index in [1.165, 1.54) is 33.7 Å². The maximum atomic E-state index is 6.72. The molecule has 2 heteroatoms. The van der Waals surface area contributed by atoms with Crippen molar-refractivity contribution >= 4 is 11.3 Å². The van der Waals surface area contributed by atoms with Gasteiger partial charge in [-0.3, -0.25) is 0 Å². The largest absolute Gasteiger partial charge is 0.317 e. The summed E-state index contributed by atoms with van der Waals surface area (Å²) in [6.45, 7) is 2.15. The van der Waals surface area contributed by atoms with Crippen molar-refractivity contribution in [1.82, 2.24) is 0 Å². The quantitative estimate of drug-likeness (QED) is 0.813. The van der Waals surface area contributed by atoms with E-state index in [1.807, 2.05) is 11.3 Å². The van der Waals surface area contributed by atoms with E-state index in [-0.39, 0.29) is 5.54 Å². The van der Waals surface area contributed by atoms with Gasteiger partial charge in [-0.05, 0) is 49.4 Å². The lowest BCUT2D eigenvalue weighted by Crippen LogP contribution is -2.40. The van der Waals surface area contributed by atoms with Gasteiger partial charge in [-0.25, -0.2) is 0 Å². The molecule has 3 rings (SSSR count). The second-order valence-electron chi connectivity index (χ2n) is 4.89. The summed E-state index contributed by atoms with van der Waals surface area (Å²) in [4.78, 5) is 2.65. The van der Waals surface area contributed by atoms with E-state index in [4.69, 9.17) is 5.73 Å². The molecule has 2 aromatic rings. The number of benzene rings is 1. The first-order valence-electron chi connectivity index (χ1n) is 6.14. The fraction of sp³-hybridized carbons (Fsp3) is 0.333. The van der Waals surface area contributed by atoms with Gasteiger partial charge >= 0.3 is 0 Å². The van der Waals surface area contributed by atoms with E-state index in [1.54, 1.807) is 0 Å². The fourth-order valence-electron chi connectivity index (χ4n) is 2.80. The molecule has 0 amide bonds. The zero-order valence-electron chi connectivity index (χ0n) is 10.1. The van der Waals surface area contributed by atoms with Crippen molar-refractivity contribution in [1.29, 1.82) is 0 Å². The average Bonchev–Trinajstić information content (AvgIpc) is 2.77. The third-order valence-electron chi connectivity index (χ3n) is 3.70. The summed E-state index contributed by atoms with van der Waals surface area (Å²) in [6, 6.07) is 13.0. The first-order valence-corrected chi connectivity index (χ1v) is 6.96. The minimum absolute atomic E-state index is 0.256. The molecule has 1 aromatic heterocycles. The van der Waals surface area contributed by atoms with Crippen molar-refractivity contribution in [3.8, 4) is 0 Å². The number of aryl methyl sites for hydroxylation is 2. The van der Waals surface area contributed by atoms with Crippen LogP contribution in [0.1, 0.15) is 33.7 Å². The molecule has 0 saturated heterocycles. The van der Waals surface area contributed by atoms with Gasteiger partial charge in [-0.2, -0.15) is 0 Å². The number of fused-ring (bicyclic) bond motifs is 1. The molecule has 1 aliphatic rings. The van der Waals surface area contributed by atoms with E-state index < -0.39 is 0 Å². The summed E-state index contributed by atoms with van der Waals surface area (Å²) in [6.07, 6.45) is 3.41. The first kappa shape index (κ1) is 11.0. The molecule has 17 heavy (non-hydrogen) atoms. The van der Waals surface area contributed by atoms with Gasteiger partial charge in [-0.15, -0.1) is 11.3 Å². The second-order valence-corrected chi connectivity index (χ2v) is 6.18. The Morgan fingerprint density at radius 2 is 2.00 bits per heavy atom. The molecule has 1 aromatic carbocycles.